The number of benzene rings is 2. The molecule has 3 nitrogen and oxygen atoms in total. The Morgan fingerprint density at radius 3 is 2.85 bits per heavy atom. The van der Waals surface area contributed by atoms with E-state index in [1.54, 1.807) is 26.0 Å². The SMILES string of the molecule is COC[C@@H]1CCCN1Cc1cccc(Cl)c1SCc1cc(Br)ccc1OC. The maximum Gasteiger partial charge on any atom is 0.122 e. The van der Waals surface area contributed by atoms with E-state index in [4.69, 9.17) is 21.1 Å². The van der Waals surface area contributed by atoms with Gasteiger partial charge in [-0.15, -0.1) is 11.8 Å². The summed E-state index contributed by atoms with van der Waals surface area (Å²) in [6.45, 7) is 2.81. The molecule has 1 atom stereocenters. The first-order valence-electron chi connectivity index (χ1n) is 9.08. The van der Waals surface area contributed by atoms with Crippen molar-refractivity contribution in [2.24, 2.45) is 0 Å². The van der Waals surface area contributed by atoms with Crippen molar-refractivity contribution in [3.05, 3.63) is 57.0 Å². The Kier molecular flexibility index (Phi) is 7.91. The predicted octanol–water partition coefficient (Wildman–Crippen LogP) is 6.01. The molecule has 0 aliphatic carbocycles. The molecular weight excluding hydrogens is 446 g/mol. The lowest BCUT2D eigenvalue weighted by Gasteiger charge is -2.25. The largest absolute Gasteiger partial charge is 0.496 e. The lowest BCUT2D eigenvalue weighted by molar-refractivity contribution is 0.111. The molecule has 1 saturated heterocycles. The Morgan fingerprint density at radius 1 is 1.22 bits per heavy atom. The number of thioether (sulfide) groups is 1. The summed E-state index contributed by atoms with van der Waals surface area (Å²) in [5.41, 5.74) is 2.44. The van der Waals surface area contributed by atoms with Crippen molar-refractivity contribution < 1.29 is 9.47 Å². The standard InChI is InChI=1S/C21H25BrClNO2S/c1-25-13-18-6-4-10-24(18)12-15-5-3-7-19(23)21(15)27-14-16-11-17(22)8-9-20(16)26-2/h3,5,7-9,11,18H,4,6,10,12-14H2,1-2H3/t18-/m0/s1. The van der Waals surface area contributed by atoms with Crippen molar-refractivity contribution in [3.8, 4) is 5.75 Å². The minimum Gasteiger partial charge on any atom is -0.496 e. The third-order valence-corrected chi connectivity index (χ3v) is 7.04. The van der Waals surface area contributed by atoms with Gasteiger partial charge < -0.3 is 9.47 Å². The smallest absolute Gasteiger partial charge is 0.122 e. The van der Waals surface area contributed by atoms with Crippen LogP contribution in [0.5, 0.6) is 5.75 Å². The minimum atomic E-state index is 0.497. The fourth-order valence-electron chi connectivity index (χ4n) is 3.55. The Balaban J connectivity index is 1.77. The van der Waals surface area contributed by atoms with Crippen LogP contribution in [-0.4, -0.2) is 38.3 Å². The summed E-state index contributed by atoms with van der Waals surface area (Å²) >= 11 is 11.9. The summed E-state index contributed by atoms with van der Waals surface area (Å²) in [7, 11) is 3.49. The van der Waals surface area contributed by atoms with Crippen LogP contribution < -0.4 is 4.74 Å². The van der Waals surface area contributed by atoms with Crippen LogP contribution in [0.2, 0.25) is 5.02 Å². The summed E-state index contributed by atoms with van der Waals surface area (Å²) in [5, 5.41) is 0.814. The minimum absolute atomic E-state index is 0.497. The van der Waals surface area contributed by atoms with Crippen molar-refractivity contribution >= 4 is 39.3 Å². The zero-order valence-electron chi connectivity index (χ0n) is 15.7. The van der Waals surface area contributed by atoms with Crippen LogP contribution in [0.25, 0.3) is 0 Å². The molecule has 0 unspecified atom stereocenters. The molecular formula is C21H25BrClNO2S. The lowest BCUT2D eigenvalue weighted by Crippen LogP contribution is -2.32. The quantitative estimate of drug-likeness (QED) is 0.440. The van der Waals surface area contributed by atoms with Gasteiger partial charge in [0.2, 0.25) is 0 Å². The second-order valence-electron chi connectivity index (χ2n) is 6.69. The fraction of sp³-hybridized carbons (Fsp3) is 0.429. The van der Waals surface area contributed by atoms with E-state index in [1.807, 2.05) is 24.3 Å². The molecule has 0 amide bonds. The number of ether oxygens (including phenoxy) is 2. The van der Waals surface area contributed by atoms with E-state index >= 15 is 0 Å². The molecule has 0 N–H and O–H groups in total. The number of halogens is 2. The summed E-state index contributed by atoms with van der Waals surface area (Å²) in [6, 6.07) is 12.8. The lowest BCUT2D eigenvalue weighted by atomic mass is 10.2. The van der Waals surface area contributed by atoms with Crippen LogP contribution in [0.3, 0.4) is 0 Å². The van der Waals surface area contributed by atoms with E-state index in [2.05, 4.69) is 33.0 Å². The van der Waals surface area contributed by atoms with Crippen molar-refractivity contribution in [1.29, 1.82) is 0 Å². The maximum absolute atomic E-state index is 6.58. The molecule has 1 aliphatic heterocycles. The first-order chi connectivity index (χ1) is 13.1. The van der Waals surface area contributed by atoms with Crippen molar-refractivity contribution in [2.45, 2.75) is 36.1 Å². The highest BCUT2D eigenvalue weighted by atomic mass is 79.9. The molecule has 6 heteroatoms. The molecule has 0 spiro atoms. The number of hydrogen-bond donors (Lipinski definition) is 0. The Bertz CT molecular complexity index is 774. The average Bonchev–Trinajstić information content (AvgIpc) is 3.08. The molecule has 3 rings (SSSR count). The number of methoxy groups -OCH3 is 2. The molecule has 146 valence electrons. The van der Waals surface area contributed by atoms with Gasteiger partial charge in [0.05, 0.1) is 18.7 Å². The highest BCUT2D eigenvalue weighted by molar-refractivity contribution is 9.10. The Hall–Kier alpha value is -0.720. The first-order valence-corrected chi connectivity index (χ1v) is 11.2. The van der Waals surface area contributed by atoms with Gasteiger partial charge in [0.1, 0.15) is 5.75 Å². The highest BCUT2D eigenvalue weighted by Crippen LogP contribution is 2.37. The van der Waals surface area contributed by atoms with Gasteiger partial charge in [-0.1, -0.05) is 39.7 Å². The van der Waals surface area contributed by atoms with Crippen LogP contribution in [0.15, 0.2) is 45.8 Å². The van der Waals surface area contributed by atoms with Crippen LogP contribution >= 0.6 is 39.3 Å². The molecule has 0 saturated carbocycles. The number of rotatable bonds is 8. The van der Waals surface area contributed by atoms with E-state index in [-0.39, 0.29) is 0 Å². The second-order valence-corrected chi connectivity index (χ2v) is 9.00. The summed E-state index contributed by atoms with van der Waals surface area (Å²) in [5.74, 6) is 1.71. The van der Waals surface area contributed by atoms with E-state index in [0.29, 0.717) is 6.04 Å². The van der Waals surface area contributed by atoms with Gasteiger partial charge in [-0.05, 0) is 49.2 Å². The molecule has 0 bridgehead atoms. The van der Waals surface area contributed by atoms with Crippen molar-refractivity contribution in [3.63, 3.8) is 0 Å². The number of likely N-dealkylation sites (tertiary alicyclic amines) is 1. The van der Waals surface area contributed by atoms with E-state index in [9.17, 15) is 0 Å². The van der Waals surface area contributed by atoms with Gasteiger partial charge in [-0.2, -0.15) is 0 Å². The number of nitrogens with zero attached hydrogens (tertiary/aromatic N) is 1. The van der Waals surface area contributed by atoms with E-state index in [1.165, 1.54) is 18.4 Å². The van der Waals surface area contributed by atoms with Crippen LogP contribution in [0.1, 0.15) is 24.0 Å². The summed E-state index contributed by atoms with van der Waals surface area (Å²) in [6.07, 6.45) is 2.43. The monoisotopic (exact) mass is 469 g/mol. The molecule has 0 aromatic heterocycles. The Morgan fingerprint density at radius 2 is 2.07 bits per heavy atom. The van der Waals surface area contributed by atoms with Crippen LogP contribution in [0, 0.1) is 0 Å². The molecule has 27 heavy (non-hydrogen) atoms. The highest BCUT2D eigenvalue weighted by Gasteiger charge is 2.25. The van der Waals surface area contributed by atoms with Gasteiger partial charge >= 0.3 is 0 Å². The first kappa shape index (κ1) is 21.0. The van der Waals surface area contributed by atoms with E-state index < -0.39 is 0 Å². The predicted molar refractivity (Wildman–Crippen MR) is 117 cm³/mol. The molecule has 1 aliphatic rings. The van der Waals surface area contributed by atoms with Crippen LogP contribution in [0.4, 0.5) is 0 Å². The molecule has 1 heterocycles. The molecule has 2 aromatic rings. The Labute approximate surface area is 179 Å². The molecule has 2 aromatic carbocycles. The fourth-order valence-corrected chi connectivity index (χ4v) is 5.37. The zero-order valence-corrected chi connectivity index (χ0v) is 18.9. The topological polar surface area (TPSA) is 21.7 Å². The molecule has 1 fully saturated rings. The van der Waals surface area contributed by atoms with Gasteiger partial charge in [-0.3, -0.25) is 4.90 Å². The van der Waals surface area contributed by atoms with Crippen LogP contribution in [-0.2, 0) is 17.0 Å². The van der Waals surface area contributed by atoms with Gasteiger partial charge in [0.15, 0.2) is 0 Å². The number of hydrogen-bond acceptors (Lipinski definition) is 4. The van der Waals surface area contributed by atoms with Gasteiger partial charge in [-0.25, -0.2) is 0 Å². The summed E-state index contributed by atoms with van der Waals surface area (Å²) < 4.78 is 12.0. The third-order valence-electron chi connectivity index (χ3n) is 4.89. The average molecular weight is 471 g/mol. The third kappa shape index (κ3) is 5.42. The summed E-state index contributed by atoms with van der Waals surface area (Å²) in [4.78, 5) is 3.67. The van der Waals surface area contributed by atoms with Gasteiger partial charge in [0, 0.05) is 40.4 Å². The van der Waals surface area contributed by atoms with Crippen molar-refractivity contribution in [1.82, 2.24) is 4.90 Å². The second kappa shape index (κ2) is 10.2. The van der Waals surface area contributed by atoms with Crippen molar-refractivity contribution in [2.75, 3.05) is 27.4 Å². The molecule has 0 radical (unpaired) electrons. The van der Waals surface area contributed by atoms with Gasteiger partial charge in [0.25, 0.3) is 0 Å². The van der Waals surface area contributed by atoms with E-state index in [0.717, 1.165) is 51.2 Å². The normalized spacial score (nSPS) is 17.4. The maximum atomic E-state index is 6.58. The zero-order chi connectivity index (χ0) is 19.2.